The second-order valence-corrected chi connectivity index (χ2v) is 7.81. The van der Waals surface area contributed by atoms with E-state index in [2.05, 4.69) is 4.18 Å². The highest BCUT2D eigenvalue weighted by atomic mass is 32.3. The normalized spacial score (nSPS) is 16.8. The van der Waals surface area contributed by atoms with Crippen molar-refractivity contribution < 1.29 is 40.2 Å². The smallest absolute Gasteiger partial charge is 0.488 e. The van der Waals surface area contributed by atoms with Crippen molar-refractivity contribution in [1.82, 2.24) is 0 Å². The number of carbonyl (C=O) groups is 1. The Bertz CT molecular complexity index is 1170. The first kappa shape index (κ1) is 21.0. The van der Waals surface area contributed by atoms with Crippen molar-refractivity contribution in [3.8, 4) is 17.2 Å². The van der Waals surface area contributed by atoms with Crippen LogP contribution in [0.25, 0.3) is 5.76 Å². The summed E-state index contributed by atoms with van der Waals surface area (Å²) >= 11 is 0. The minimum Gasteiger partial charge on any atom is -0.494 e. The van der Waals surface area contributed by atoms with E-state index in [9.17, 15) is 17.1 Å². The van der Waals surface area contributed by atoms with E-state index in [4.69, 9.17) is 18.9 Å². The molecule has 0 fully saturated rings. The molecule has 0 spiro atoms. The van der Waals surface area contributed by atoms with E-state index in [-0.39, 0.29) is 17.9 Å². The monoisotopic (exact) mass is 450 g/mol. The van der Waals surface area contributed by atoms with Crippen LogP contribution in [0, 0.1) is 0 Å². The van der Waals surface area contributed by atoms with E-state index >= 15 is 0 Å². The highest BCUT2D eigenvalue weighted by Gasteiger charge is 2.41. The Morgan fingerprint density at radius 1 is 1.16 bits per heavy atom. The lowest BCUT2D eigenvalue weighted by molar-refractivity contribution is -0.136. The molecule has 2 aliphatic rings. The van der Waals surface area contributed by atoms with Gasteiger partial charge in [0.15, 0.2) is 17.3 Å². The lowest BCUT2D eigenvalue weighted by Gasteiger charge is -2.16. The van der Waals surface area contributed by atoms with Crippen LogP contribution in [0.5, 0.6) is 17.2 Å². The summed E-state index contributed by atoms with van der Waals surface area (Å²) in [6.07, 6.45) is 0.752. The summed E-state index contributed by atoms with van der Waals surface area (Å²) in [5.41, 5.74) is 1.19. The molecule has 0 radical (unpaired) electrons. The zero-order chi connectivity index (χ0) is 22.2. The first-order valence-corrected chi connectivity index (χ1v) is 10.8. The molecule has 1 atom stereocenters. The molecule has 2 aromatic carbocycles. The van der Waals surface area contributed by atoms with Gasteiger partial charge < -0.3 is 23.1 Å². The van der Waals surface area contributed by atoms with Gasteiger partial charge in [0.2, 0.25) is 6.79 Å². The van der Waals surface area contributed by atoms with Crippen LogP contribution in [-0.4, -0.2) is 34.9 Å². The fourth-order valence-electron chi connectivity index (χ4n) is 3.67. The minimum absolute atomic E-state index is 0.0618. The van der Waals surface area contributed by atoms with Gasteiger partial charge in [0.25, 0.3) is 0 Å². The summed E-state index contributed by atoms with van der Waals surface area (Å²) < 4.78 is 62.2. The summed E-state index contributed by atoms with van der Waals surface area (Å²) in [6, 6.07) is 9.94. The molecule has 0 aromatic heterocycles. The molecular weight excluding hydrogens is 431 g/mol. The fourth-order valence-corrected chi connectivity index (χ4v) is 4.05. The molecule has 31 heavy (non-hydrogen) atoms. The van der Waals surface area contributed by atoms with Crippen molar-refractivity contribution in [3.63, 3.8) is 0 Å². The van der Waals surface area contributed by atoms with E-state index in [1.165, 1.54) is 6.07 Å². The topological polar surface area (TPSA) is 97.4 Å². The van der Waals surface area contributed by atoms with Gasteiger partial charge in [-0.05, 0) is 41.8 Å². The summed E-state index contributed by atoms with van der Waals surface area (Å²) in [4.78, 5) is 12.7. The zero-order valence-corrected chi connectivity index (χ0v) is 17.5. The summed E-state index contributed by atoms with van der Waals surface area (Å²) in [5.74, 6) is -0.639. The number of ether oxygens (including phenoxy) is 4. The van der Waals surface area contributed by atoms with Gasteiger partial charge in [0.05, 0.1) is 19.3 Å². The zero-order valence-electron chi connectivity index (χ0n) is 16.7. The quantitative estimate of drug-likeness (QED) is 0.467. The molecule has 0 saturated carbocycles. The van der Waals surface area contributed by atoms with Gasteiger partial charge >= 0.3 is 16.5 Å². The first-order chi connectivity index (χ1) is 14.8. The number of hydrogen-bond acceptors (Lipinski definition) is 8. The van der Waals surface area contributed by atoms with Gasteiger partial charge in [-0.2, -0.15) is 8.42 Å². The largest absolute Gasteiger partial charge is 0.494 e. The number of rotatable bonds is 7. The van der Waals surface area contributed by atoms with E-state index in [0.29, 0.717) is 35.0 Å². The molecule has 10 heteroatoms. The number of halogens is 1. The van der Waals surface area contributed by atoms with E-state index < -0.39 is 28.2 Å². The third kappa shape index (κ3) is 4.02. The van der Waals surface area contributed by atoms with Crippen molar-refractivity contribution in [2.24, 2.45) is 0 Å². The van der Waals surface area contributed by atoms with E-state index in [1.807, 2.05) is 6.92 Å². The molecule has 2 aromatic rings. The predicted octanol–water partition coefficient (Wildman–Crippen LogP) is 3.46. The number of fused-ring (bicyclic) bond motifs is 2. The molecule has 0 N–H and O–H groups in total. The Kier molecular flexibility index (Phi) is 5.48. The average molecular weight is 450 g/mol. The molecule has 8 nitrogen and oxygen atoms in total. The maximum Gasteiger partial charge on any atom is 0.488 e. The van der Waals surface area contributed by atoms with Gasteiger partial charge in [-0.3, -0.25) is 0 Å². The molecule has 4 rings (SSSR count). The minimum atomic E-state index is -5.42. The van der Waals surface area contributed by atoms with Crippen molar-refractivity contribution >= 4 is 22.2 Å². The van der Waals surface area contributed by atoms with Gasteiger partial charge in [0, 0.05) is 11.5 Å². The highest BCUT2D eigenvalue weighted by molar-refractivity contribution is 7.81. The van der Waals surface area contributed by atoms with E-state index in [1.54, 1.807) is 30.3 Å². The third-order valence-electron chi connectivity index (χ3n) is 4.90. The van der Waals surface area contributed by atoms with Crippen LogP contribution in [0.3, 0.4) is 0 Å². The van der Waals surface area contributed by atoms with Crippen molar-refractivity contribution in [2.75, 3.05) is 20.5 Å². The van der Waals surface area contributed by atoms with Crippen LogP contribution in [0.2, 0.25) is 0 Å². The molecule has 1 unspecified atom stereocenters. The standard InChI is InChI=1S/C21H19FO8S/c1-3-8-27-13-5-6-14-15(10-13)20(30-31(22,24)25)19(21(23)26-2)18(14)12-4-7-16-17(9-12)29-11-28-16/h4-7,9-10,18H,3,8,11H2,1-2H3. The average Bonchev–Trinajstić information content (AvgIpc) is 3.32. The van der Waals surface area contributed by atoms with Gasteiger partial charge in [-0.25, -0.2) is 4.79 Å². The van der Waals surface area contributed by atoms with Crippen molar-refractivity contribution in [2.45, 2.75) is 19.3 Å². The maximum absolute atomic E-state index is 13.6. The first-order valence-electron chi connectivity index (χ1n) is 9.45. The predicted molar refractivity (Wildman–Crippen MR) is 107 cm³/mol. The molecule has 0 saturated heterocycles. The number of hydrogen-bond donors (Lipinski definition) is 0. The molecule has 1 aliphatic heterocycles. The number of benzene rings is 2. The summed E-state index contributed by atoms with van der Waals surface area (Å²) in [6.45, 7) is 2.42. The lowest BCUT2D eigenvalue weighted by atomic mass is 9.88. The molecule has 1 aliphatic carbocycles. The van der Waals surface area contributed by atoms with Crippen LogP contribution < -0.4 is 14.2 Å². The lowest BCUT2D eigenvalue weighted by Crippen LogP contribution is -2.13. The Hall–Kier alpha value is -3.27. The number of esters is 1. The second kappa shape index (κ2) is 8.10. The Morgan fingerprint density at radius 2 is 1.94 bits per heavy atom. The number of carbonyl (C=O) groups excluding carboxylic acids is 1. The van der Waals surface area contributed by atoms with Gasteiger partial charge in [-0.1, -0.05) is 22.9 Å². The third-order valence-corrected chi connectivity index (χ3v) is 5.27. The Balaban J connectivity index is 1.91. The molecule has 0 bridgehead atoms. The van der Waals surface area contributed by atoms with Crippen molar-refractivity contribution in [1.29, 1.82) is 0 Å². The molecular formula is C21H19FO8S. The van der Waals surface area contributed by atoms with Crippen molar-refractivity contribution in [3.05, 3.63) is 58.7 Å². The van der Waals surface area contributed by atoms with Crippen LogP contribution in [0.15, 0.2) is 42.0 Å². The second-order valence-electron chi connectivity index (χ2n) is 6.85. The SMILES string of the molecule is CCCOc1ccc2c(c1)C(OS(=O)(=O)F)=C(C(=O)OC)C2c1ccc2c(c1)OCO2. The Morgan fingerprint density at radius 3 is 2.65 bits per heavy atom. The van der Waals surface area contributed by atoms with Gasteiger partial charge in [-0.15, -0.1) is 0 Å². The van der Waals surface area contributed by atoms with Crippen LogP contribution in [0.1, 0.15) is 36.0 Å². The van der Waals surface area contributed by atoms with Crippen LogP contribution in [0.4, 0.5) is 3.89 Å². The van der Waals surface area contributed by atoms with E-state index in [0.717, 1.165) is 13.5 Å². The van der Waals surface area contributed by atoms with Gasteiger partial charge in [0.1, 0.15) is 5.75 Å². The summed E-state index contributed by atoms with van der Waals surface area (Å²) in [7, 11) is -4.28. The molecule has 0 amide bonds. The highest BCUT2D eigenvalue weighted by Crippen LogP contribution is 2.49. The number of methoxy groups -OCH3 is 1. The molecule has 1 heterocycles. The summed E-state index contributed by atoms with van der Waals surface area (Å²) in [5, 5.41) is 0. The molecule has 164 valence electrons. The fraction of sp³-hybridized carbons (Fsp3) is 0.286. The van der Waals surface area contributed by atoms with Crippen LogP contribution >= 0.6 is 0 Å². The van der Waals surface area contributed by atoms with Crippen LogP contribution in [-0.2, 0) is 24.2 Å². The Labute approximate surface area is 178 Å². The maximum atomic E-state index is 13.6.